The summed E-state index contributed by atoms with van der Waals surface area (Å²) in [4.78, 5) is 25.4. The standard InChI is InChI=1S/C20H22N2O6S/c1-21(20(24)27-2)16-8-10-17(11-9-16)28-19(23)15-6-5-7-18(14-15)29(25,26)22-12-3-4-13-22/h5-11,14H,3-4,12-13H2,1-2H3. The van der Waals surface area contributed by atoms with E-state index in [1.165, 1.54) is 52.7 Å². The van der Waals surface area contributed by atoms with Crippen molar-refractivity contribution >= 4 is 27.8 Å². The molecule has 0 bridgehead atoms. The molecule has 1 aliphatic rings. The van der Waals surface area contributed by atoms with Gasteiger partial charge in [-0.15, -0.1) is 0 Å². The van der Waals surface area contributed by atoms with Crippen molar-refractivity contribution in [3.05, 3.63) is 54.1 Å². The third-order valence-electron chi connectivity index (χ3n) is 4.66. The number of amides is 1. The number of carbonyl (C=O) groups is 2. The minimum Gasteiger partial charge on any atom is -0.452 e. The van der Waals surface area contributed by atoms with Gasteiger partial charge in [-0.2, -0.15) is 4.31 Å². The van der Waals surface area contributed by atoms with Crippen molar-refractivity contribution in [3.63, 3.8) is 0 Å². The number of methoxy groups -OCH3 is 1. The first-order chi connectivity index (χ1) is 13.8. The Hall–Kier alpha value is -2.91. The molecular weight excluding hydrogens is 396 g/mol. The van der Waals surface area contributed by atoms with Gasteiger partial charge in [-0.1, -0.05) is 6.07 Å². The number of ether oxygens (including phenoxy) is 2. The van der Waals surface area contributed by atoms with Gasteiger partial charge in [-0.25, -0.2) is 18.0 Å². The fraction of sp³-hybridized carbons (Fsp3) is 0.300. The molecule has 2 aromatic rings. The van der Waals surface area contributed by atoms with Crippen LogP contribution in [0.3, 0.4) is 0 Å². The number of sulfonamides is 1. The van der Waals surface area contributed by atoms with Crippen molar-refractivity contribution in [2.75, 3.05) is 32.1 Å². The van der Waals surface area contributed by atoms with Crippen LogP contribution in [0.4, 0.5) is 10.5 Å². The quantitative estimate of drug-likeness (QED) is 0.548. The topological polar surface area (TPSA) is 93.2 Å². The Labute approximate surface area is 169 Å². The molecule has 9 heteroatoms. The van der Waals surface area contributed by atoms with Crippen molar-refractivity contribution in [1.82, 2.24) is 4.31 Å². The van der Waals surface area contributed by atoms with Gasteiger partial charge in [0.25, 0.3) is 0 Å². The Morgan fingerprint density at radius 3 is 2.31 bits per heavy atom. The van der Waals surface area contributed by atoms with E-state index in [1.807, 2.05) is 0 Å². The van der Waals surface area contributed by atoms with Crippen LogP contribution < -0.4 is 9.64 Å². The maximum Gasteiger partial charge on any atom is 0.413 e. The second kappa shape index (κ2) is 8.62. The highest BCUT2D eigenvalue weighted by molar-refractivity contribution is 7.89. The summed E-state index contributed by atoms with van der Waals surface area (Å²) in [5, 5.41) is 0. The molecule has 29 heavy (non-hydrogen) atoms. The molecule has 0 N–H and O–H groups in total. The third kappa shape index (κ3) is 4.57. The second-order valence-corrected chi connectivity index (χ2v) is 8.49. The predicted octanol–water partition coefficient (Wildman–Crippen LogP) is 2.89. The smallest absolute Gasteiger partial charge is 0.413 e. The highest BCUT2D eigenvalue weighted by Crippen LogP contribution is 2.23. The zero-order valence-electron chi connectivity index (χ0n) is 16.2. The molecule has 0 spiro atoms. The number of anilines is 1. The Kier molecular flexibility index (Phi) is 6.19. The van der Waals surface area contributed by atoms with E-state index in [2.05, 4.69) is 4.74 Å². The monoisotopic (exact) mass is 418 g/mol. The van der Waals surface area contributed by atoms with Crippen LogP contribution in [0, 0.1) is 0 Å². The van der Waals surface area contributed by atoms with Gasteiger partial charge in [0.15, 0.2) is 0 Å². The van der Waals surface area contributed by atoms with Gasteiger partial charge in [-0.05, 0) is 55.3 Å². The van der Waals surface area contributed by atoms with E-state index in [-0.39, 0.29) is 16.2 Å². The molecule has 2 aromatic carbocycles. The van der Waals surface area contributed by atoms with Gasteiger partial charge in [0.05, 0.1) is 17.6 Å². The molecule has 1 amide bonds. The SMILES string of the molecule is COC(=O)N(C)c1ccc(OC(=O)c2cccc(S(=O)(=O)N3CCCC3)c2)cc1. The van der Waals surface area contributed by atoms with E-state index in [9.17, 15) is 18.0 Å². The first kappa shape index (κ1) is 20.8. The van der Waals surface area contributed by atoms with Crippen molar-refractivity contribution < 1.29 is 27.5 Å². The zero-order chi connectivity index (χ0) is 21.0. The summed E-state index contributed by atoms with van der Waals surface area (Å²) < 4.78 is 36.8. The maximum atomic E-state index is 12.7. The molecule has 154 valence electrons. The Morgan fingerprint density at radius 1 is 1.03 bits per heavy atom. The Morgan fingerprint density at radius 2 is 1.69 bits per heavy atom. The summed E-state index contributed by atoms with van der Waals surface area (Å²) in [7, 11) is -0.778. The summed E-state index contributed by atoms with van der Waals surface area (Å²) in [6.07, 6.45) is 1.15. The third-order valence-corrected chi connectivity index (χ3v) is 6.55. The number of nitrogens with zero attached hydrogens (tertiary/aromatic N) is 2. The van der Waals surface area contributed by atoms with Crippen LogP contribution in [0.1, 0.15) is 23.2 Å². The van der Waals surface area contributed by atoms with Crippen LogP contribution in [0.15, 0.2) is 53.4 Å². The fourth-order valence-corrected chi connectivity index (χ4v) is 4.57. The normalized spacial score (nSPS) is 14.4. The highest BCUT2D eigenvalue weighted by atomic mass is 32.2. The van der Waals surface area contributed by atoms with Crippen molar-refractivity contribution in [2.45, 2.75) is 17.7 Å². The predicted molar refractivity (Wildman–Crippen MR) is 107 cm³/mol. The molecular formula is C20H22N2O6S. The van der Waals surface area contributed by atoms with Crippen molar-refractivity contribution in [2.24, 2.45) is 0 Å². The van der Waals surface area contributed by atoms with Gasteiger partial charge in [0.2, 0.25) is 10.0 Å². The van der Waals surface area contributed by atoms with E-state index < -0.39 is 22.1 Å². The van der Waals surface area contributed by atoms with Crippen LogP contribution in [0.2, 0.25) is 0 Å². The summed E-state index contributed by atoms with van der Waals surface area (Å²) in [6, 6.07) is 12.1. The Bertz CT molecular complexity index is 998. The molecule has 1 heterocycles. The number of rotatable bonds is 5. The molecule has 0 unspecified atom stereocenters. The molecule has 0 aliphatic carbocycles. The largest absolute Gasteiger partial charge is 0.452 e. The van der Waals surface area contributed by atoms with E-state index in [0.29, 0.717) is 18.8 Å². The number of hydrogen-bond donors (Lipinski definition) is 0. The molecule has 0 radical (unpaired) electrons. The maximum absolute atomic E-state index is 12.7. The van der Waals surface area contributed by atoms with E-state index in [1.54, 1.807) is 19.2 Å². The van der Waals surface area contributed by atoms with Crippen LogP contribution >= 0.6 is 0 Å². The van der Waals surface area contributed by atoms with Crippen LogP contribution in [0.5, 0.6) is 5.75 Å². The molecule has 0 aromatic heterocycles. The summed E-state index contributed by atoms with van der Waals surface area (Å²) in [5.41, 5.74) is 0.705. The van der Waals surface area contributed by atoms with Crippen molar-refractivity contribution in [1.29, 1.82) is 0 Å². The number of carbonyl (C=O) groups excluding carboxylic acids is 2. The lowest BCUT2D eigenvalue weighted by Gasteiger charge is -2.16. The lowest BCUT2D eigenvalue weighted by atomic mass is 10.2. The average Bonchev–Trinajstić information content (AvgIpc) is 3.29. The van der Waals surface area contributed by atoms with E-state index >= 15 is 0 Å². The molecule has 3 rings (SSSR count). The van der Waals surface area contributed by atoms with E-state index in [4.69, 9.17) is 4.74 Å². The highest BCUT2D eigenvalue weighted by Gasteiger charge is 2.27. The summed E-state index contributed by atoms with van der Waals surface area (Å²) >= 11 is 0. The number of esters is 1. The number of benzene rings is 2. The molecule has 1 aliphatic heterocycles. The first-order valence-corrected chi connectivity index (χ1v) is 10.5. The summed E-state index contributed by atoms with van der Waals surface area (Å²) in [5.74, 6) is -0.401. The fourth-order valence-electron chi connectivity index (χ4n) is 3.01. The molecule has 1 fully saturated rings. The number of hydrogen-bond acceptors (Lipinski definition) is 6. The average molecular weight is 418 g/mol. The van der Waals surface area contributed by atoms with Crippen LogP contribution in [-0.4, -0.2) is 52.0 Å². The Balaban J connectivity index is 1.74. The van der Waals surface area contributed by atoms with Gasteiger partial charge in [-0.3, -0.25) is 4.90 Å². The van der Waals surface area contributed by atoms with Gasteiger partial charge < -0.3 is 9.47 Å². The zero-order valence-corrected chi connectivity index (χ0v) is 17.0. The first-order valence-electron chi connectivity index (χ1n) is 9.07. The van der Waals surface area contributed by atoms with Gasteiger partial charge in [0.1, 0.15) is 5.75 Å². The lowest BCUT2D eigenvalue weighted by Crippen LogP contribution is -2.28. The van der Waals surface area contributed by atoms with Crippen molar-refractivity contribution in [3.8, 4) is 5.75 Å². The molecule has 1 saturated heterocycles. The van der Waals surface area contributed by atoms with Gasteiger partial charge in [0, 0.05) is 25.8 Å². The van der Waals surface area contributed by atoms with Crippen LogP contribution in [0.25, 0.3) is 0 Å². The summed E-state index contributed by atoms with van der Waals surface area (Å²) in [6.45, 7) is 0.979. The van der Waals surface area contributed by atoms with Crippen LogP contribution in [-0.2, 0) is 14.8 Å². The molecule has 0 saturated carbocycles. The molecule has 8 nitrogen and oxygen atoms in total. The minimum atomic E-state index is -3.62. The van der Waals surface area contributed by atoms with E-state index in [0.717, 1.165) is 12.8 Å². The molecule has 0 atom stereocenters. The van der Waals surface area contributed by atoms with Gasteiger partial charge >= 0.3 is 12.1 Å². The lowest BCUT2D eigenvalue weighted by molar-refractivity contribution is 0.0734. The second-order valence-electron chi connectivity index (χ2n) is 6.55. The minimum absolute atomic E-state index is 0.0731.